The highest BCUT2D eigenvalue weighted by Crippen LogP contribution is 2.42. The van der Waals surface area contributed by atoms with Gasteiger partial charge in [0.05, 0.1) is 34.7 Å². The Bertz CT molecular complexity index is 1540. The van der Waals surface area contributed by atoms with Crippen molar-refractivity contribution in [3.05, 3.63) is 56.1 Å². The first-order valence-electron chi connectivity index (χ1n) is 11.5. The Labute approximate surface area is 210 Å². The van der Waals surface area contributed by atoms with E-state index in [-0.39, 0.29) is 54.1 Å². The second kappa shape index (κ2) is 8.68. The Morgan fingerprint density at radius 1 is 1.33 bits per heavy atom. The second-order valence-electron chi connectivity index (χ2n) is 8.95. The molecule has 0 bridgehead atoms. The van der Waals surface area contributed by atoms with Gasteiger partial charge in [-0.2, -0.15) is 0 Å². The van der Waals surface area contributed by atoms with Crippen molar-refractivity contribution in [3.8, 4) is 11.4 Å². The maximum absolute atomic E-state index is 14.9. The number of amides is 1. The summed E-state index contributed by atoms with van der Waals surface area (Å²) in [6.07, 6.45) is 0.546. The number of rotatable bonds is 5. The number of carbonyl (C=O) groups is 2. The van der Waals surface area contributed by atoms with E-state index in [0.29, 0.717) is 28.7 Å². The fourth-order valence-electron chi connectivity index (χ4n) is 5.18. The third-order valence-electron chi connectivity index (χ3n) is 7.10. The van der Waals surface area contributed by atoms with Crippen molar-refractivity contribution in [1.29, 1.82) is 0 Å². The number of hydrogen-bond donors (Lipinski definition) is 3. The van der Waals surface area contributed by atoms with Crippen LogP contribution in [0.15, 0.2) is 16.9 Å². The monoisotopic (exact) mass is 513 g/mol. The number of halogens is 1. The van der Waals surface area contributed by atoms with Crippen LogP contribution in [0, 0.1) is 12.7 Å². The lowest BCUT2D eigenvalue weighted by Crippen LogP contribution is -2.44. The highest BCUT2D eigenvalue weighted by Gasteiger charge is 2.45. The minimum Gasteiger partial charge on any atom is -0.458 e. The number of cyclic esters (lactones) is 1. The number of aliphatic hydroxyl groups is 1. The van der Waals surface area contributed by atoms with E-state index >= 15 is 0 Å². The summed E-state index contributed by atoms with van der Waals surface area (Å²) in [7, 11) is 0. The van der Waals surface area contributed by atoms with Crippen LogP contribution in [-0.2, 0) is 43.7 Å². The Morgan fingerprint density at radius 2 is 2.08 bits per heavy atom. The first-order chi connectivity index (χ1) is 17.2. The summed E-state index contributed by atoms with van der Waals surface area (Å²) in [4.78, 5) is 42.9. The summed E-state index contributed by atoms with van der Waals surface area (Å²) < 4.78 is 26.2. The normalized spacial score (nSPS) is 18.0. The predicted molar refractivity (Wildman–Crippen MR) is 132 cm³/mol. The molecule has 5 rings (SSSR count). The molecule has 9 nitrogen and oxygen atoms in total. The molecule has 36 heavy (non-hydrogen) atoms. The minimum absolute atomic E-state index is 0.0312. The van der Waals surface area contributed by atoms with E-state index in [9.17, 15) is 23.9 Å². The molecule has 2 N–H and O–H groups in total. The third kappa shape index (κ3) is 3.37. The van der Waals surface area contributed by atoms with E-state index < -0.39 is 23.3 Å². The van der Waals surface area contributed by atoms with Gasteiger partial charge >= 0.3 is 5.97 Å². The first kappa shape index (κ1) is 24.4. The van der Waals surface area contributed by atoms with E-state index in [4.69, 9.17) is 9.72 Å². The zero-order chi connectivity index (χ0) is 25.9. The fourth-order valence-corrected chi connectivity index (χ4v) is 5.30. The van der Waals surface area contributed by atoms with Gasteiger partial charge in [-0.1, -0.05) is 13.8 Å². The summed E-state index contributed by atoms with van der Waals surface area (Å²) in [6, 6.07) is 2.91. The molecule has 4 heterocycles. The molecule has 0 fully saturated rings. The molecule has 0 aliphatic carbocycles. The molecule has 2 aliphatic heterocycles. The van der Waals surface area contributed by atoms with Crippen molar-refractivity contribution in [1.82, 2.24) is 9.55 Å². The molecule has 1 atom stereocenters. The molecule has 188 valence electrons. The van der Waals surface area contributed by atoms with E-state index in [1.165, 1.54) is 10.6 Å². The number of nitrogens with one attached hydrogen (secondary N) is 1. The molecular formula is C25H24FN3O6S. The molecule has 11 heteroatoms. The van der Waals surface area contributed by atoms with Crippen LogP contribution >= 0.6 is 12.9 Å². The fraction of sp³-hybridized carbons (Fsp3) is 0.360. The van der Waals surface area contributed by atoms with Crippen molar-refractivity contribution in [2.45, 2.75) is 52.4 Å². The zero-order valence-electron chi connectivity index (χ0n) is 19.9. The molecule has 2 aromatic heterocycles. The maximum Gasteiger partial charge on any atom is 0.343 e. The second-order valence-corrected chi connectivity index (χ2v) is 9.21. The summed E-state index contributed by atoms with van der Waals surface area (Å²) in [5.74, 6) is -1.86. The number of thiol groups is 1. The predicted octanol–water partition coefficient (Wildman–Crippen LogP) is 2.89. The van der Waals surface area contributed by atoms with Gasteiger partial charge in [0, 0.05) is 28.1 Å². The first-order valence-corrected chi connectivity index (χ1v) is 11.9. The van der Waals surface area contributed by atoms with Gasteiger partial charge in [0.2, 0.25) is 0 Å². The number of anilines is 1. The third-order valence-corrected chi connectivity index (χ3v) is 7.23. The largest absolute Gasteiger partial charge is 0.458 e. The van der Waals surface area contributed by atoms with Gasteiger partial charge in [-0.15, -0.1) is 0 Å². The van der Waals surface area contributed by atoms with Crippen molar-refractivity contribution in [2.75, 3.05) is 11.9 Å². The van der Waals surface area contributed by atoms with Gasteiger partial charge < -0.3 is 23.9 Å². The number of ether oxygens (including phenoxy) is 1. The molecule has 0 unspecified atom stereocenters. The van der Waals surface area contributed by atoms with Crippen LogP contribution in [0.4, 0.5) is 10.1 Å². The topological polar surface area (TPSA) is 120 Å². The lowest BCUT2D eigenvalue weighted by molar-refractivity contribution is -0.172. The van der Waals surface area contributed by atoms with Crippen molar-refractivity contribution in [2.24, 2.45) is 0 Å². The van der Waals surface area contributed by atoms with E-state index in [2.05, 4.69) is 22.4 Å². The highest BCUT2D eigenvalue weighted by atomic mass is 32.1. The van der Waals surface area contributed by atoms with Gasteiger partial charge in [0.25, 0.3) is 11.5 Å². The smallest absolute Gasteiger partial charge is 0.343 e. The Kier molecular flexibility index (Phi) is 5.89. The summed E-state index contributed by atoms with van der Waals surface area (Å²) >= 11 is 3.61. The van der Waals surface area contributed by atoms with Gasteiger partial charge in [0.1, 0.15) is 19.0 Å². The Morgan fingerprint density at radius 3 is 2.75 bits per heavy atom. The Balaban J connectivity index is 1.80. The summed E-state index contributed by atoms with van der Waals surface area (Å²) in [5.41, 5.74) is 1.41. The molecule has 0 saturated carbocycles. The molecule has 1 amide bonds. The highest BCUT2D eigenvalue weighted by molar-refractivity contribution is 7.75. The quantitative estimate of drug-likeness (QED) is 0.213. The summed E-state index contributed by atoms with van der Waals surface area (Å²) in [5, 5.41) is 14.4. The number of fused-ring (bicyclic) bond motifs is 5. The van der Waals surface area contributed by atoms with Gasteiger partial charge in [-0.05, 0) is 44.3 Å². The average molecular weight is 514 g/mol. The van der Waals surface area contributed by atoms with Crippen molar-refractivity contribution < 1.29 is 28.0 Å². The van der Waals surface area contributed by atoms with Gasteiger partial charge in [-0.25, -0.2) is 14.2 Å². The number of nitrogens with zero attached hydrogens (tertiary/aromatic N) is 2. The van der Waals surface area contributed by atoms with E-state index in [1.807, 2.05) is 6.92 Å². The molecule has 2 aliphatic rings. The van der Waals surface area contributed by atoms with Crippen LogP contribution in [0.25, 0.3) is 22.3 Å². The number of carbonyl (C=O) groups excluding carboxylic acids is 2. The SMILES string of the molecule is CCc1c2c(nc3cc(F)c(C)c(NC(=O)COS)c13)-c1cc3c(c(=O)n1C2)COC(=O)[C@]3(O)CC. The molecular weight excluding hydrogens is 489 g/mol. The number of pyridine rings is 2. The Hall–Kier alpha value is -3.28. The zero-order valence-corrected chi connectivity index (χ0v) is 20.8. The standard InChI is InChI=1S/C25H24FN3O6S/c1-4-12-13-8-29-18(6-15-14(23(29)31)9-34-24(32)25(15,33)5-2)22(13)27-17-7-16(26)11(3)21(20(12)17)28-19(30)10-35-36/h6-7,33,36H,4-5,8-10H2,1-3H3,(H,28,30)/t25-/m0/s1. The van der Waals surface area contributed by atoms with E-state index in [0.717, 1.165) is 11.1 Å². The number of esters is 1. The van der Waals surface area contributed by atoms with Gasteiger partial charge in [0.15, 0.2) is 5.60 Å². The number of hydrogen-bond acceptors (Lipinski definition) is 8. The van der Waals surface area contributed by atoms with Crippen LogP contribution in [-0.4, -0.2) is 33.1 Å². The number of aryl methyl sites for hydroxylation is 1. The van der Waals surface area contributed by atoms with Crippen molar-refractivity contribution >= 4 is 41.4 Å². The molecule has 1 aromatic carbocycles. The average Bonchev–Trinajstić information content (AvgIpc) is 3.22. The summed E-state index contributed by atoms with van der Waals surface area (Å²) in [6.45, 7) is 4.77. The lowest BCUT2D eigenvalue weighted by Gasteiger charge is -2.31. The van der Waals surface area contributed by atoms with Crippen LogP contribution < -0.4 is 10.9 Å². The minimum atomic E-state index is -1.94. The molecule has 0 radical (unpaired) electrons. The van der Waals surface area contributed by atoms with Crippen LogP contribution in [0.1, 0.15) is 48.1 Å². The van der Waals surface area contributed by atoms with E-state index in [1.54, 1.807) is 19.9 Å². The molecule has 0 saturated heterocycles. The molecule has 0 spiro atoms. The number of aromatic nitrogens is 2. The van der Waals surface area contributed by atoms with Crippen molar-refractivity contribution in [3.63, 3.8) is 0 Å². The lowest BCUT2D eigenvalue weighted by atomic mass is 9.86. The molecule has 3 aromatic rings. The van der Waals surface area contributed by atoms with Crippen LogP contribution in [0.5, 0.6) is 0 Å². The van der Waals surface area contributed by atoms with Gasteiger partial charge in [-0.3, -0.25) is 9.59 Å². The number of benzene rings is 1. The van der Waals surface area contributed by atoms with Crippen LogP contribution in [0.3, 0.4) is 0 Å². The maximum atomic E-state index is 14.9. The van der Waals surface area contributed by atoms with Crippen LogP contribution in [0.2, 0.25) is 0 Å².